The molecule has 0 aliphatic rings. The van der Waals surface area contributed by atoms with Crippen LogP contribution in [0.3, 0.4) is 0 Å². The lowest BCUT2D eigenvalue weighted by Crippen LogP contribution is -2.30. The Kier molecular flexibility index (Phi) is 10.2. The van der Waals surface area contributed by atoms with Crippen LogP contribution < -0.4 is 4.52 Å². The molecule has 5 heteroatoms. The first kappa shape index (κ1) is 29.4. The summed E-state index contributed by atoms with van der Waals surface area (Å²) in [5.74, 6) is 0.728. The molecule has 2 unspecified atom stereocenters. The van der Waals surface area contributed by atoms with Crippen LogP contribution in [0.1, 0.15) is 119 Å². The second-order valence-corrected chi connectivity index (χ2v) is 13.3. The largest absolute Gasteiger partial charge is 0.426 e. The molecule has 0 aliphatic heterocycles. The van der Waals surface area contributed by atoms with Gasteiger partial charge in [-0.1, -0.05) is 101 Å². The van der Waals surface area contributed by atoms with Gasteiger partial charge < -0.3 is 19.0 Å². The van der Waals surface area contributed by atoms with E-state index in [1.807, 2.05) is 0 Å². The van der Waals surface area contributed by atoms with Crippen molar-refractivity contribution in [2.75, 3.05) is 13.2 Å². The monoisotopic (exact) mass is 468 g/mol. The molecule has 0 radical (unpaired) electrons. The number of benzene rings is 1. The van der Waals surface area contributed by atoms with E-state index >= 15 is 0 Å². The molecule has 0 bridgehead atoms. The zero-order valence-corrected chi connectivity index (χ0v) is 23.4. The first-order valence-electron chi connectivity index (χ1n) is 12.1. The molecule has 0 aliphatic carbocycles. The van der Waals surface area contributed by atoms with Crippen LogP contribution in [0.5, 0.6) is 5.75 Å². The second-order valence-electron chi connectivity index (χ2n) is 12.4. The lowest BCUT2D eigenvalue weighted by Gasteiger charge is -2.34. The predicted molar refractivity (Wildman–Crippen MR) is 138 cm³/mol. The van der Waals surface area contributed by atoms with E-state index in [2.05, 4.69) is 88.3 Å². The first-order valence-corrected chi connectivity index (χ1v) is 13.2. The predicted octanol–water partition coefficient (Wildman–Crippen LogP) is 7.77. The maximum atomic E-state index is 10.8. The molecule has 32 heavy (non-hydrogen) atoms. The maximum absolute atomic E-state index is 10.8. The molecule has 0 heterocycles. The van der Waals surface area contributed by atoms with Gasteiger partial charge in [0.2, 0.25) is 0 Å². The van der Waals surface area contributed by atoms with E-state index in [4.69, 9.17) is 9.05 Å². The number of aliphatic hydroxyl groups is 1. The minimum atomic E-state index is -2.12. The molecule has 0 spiro atoms. The molecule has 2 N–H and O–H groups in total. The van der Waals surface area contributed by atoms with Crippen LogP contribution in [-0.4, -0.2) is 23.2 Å². The molecular formula is C27H49O4P. The van der Waals surface area contributed by atoms with Crippen molar-refractivity contribution in [1.29, 1.82) is 0 Å². The fourth-order valence-corrected chi connectivity index (χ4v) is 4.50. The minimum Gasteiger partial charge on any atom is -0.426 e. The van der Waals surface area contributed by atoms with Crippen molar-refractivity contribution < 1.29 is 19.0 Å². The van der Waals surface area contributed by atoms with Gasteiger partial charge in [0.1, 0.15) is 5.75 Å². The lowest BCUT2D eigenvalue weighted by atomic mass is 9.75. The molecule has 4 nitrogen and oxygen atoms in total. The topological polar surface area (TPSA) is 58.9 Å². The van der Waals surface area contributed by atoms with Crippen LogP contribution in [0, 0.1) is 5.41 Å². The molecule has 0 fully saturated rings. The van der Waals surface area contributed by atoms with Crippen LogP contribution >= 0.6 is 8.60 Å². The zero-order chi connectivity index (χ0) is 25.0. The summed E-state index contributed by atoms with van der Waals surface area (Å²) in [6.07, 6.45) is 3.77. The number of rotatable bonds is 10. The van der Waals surface area contributed by atoms with E-state index < -0.39 is 8.60 Å². The average Bonchev–Trinajstić information content (AvgIpc) is 2.66. The van der Waals surface area contributed by atoms with Gasteiger partial charge in [0.25, 0.3) is 0 Å². The van der Waals surface area contributed by atoms with Crippen LogP contribution in [0.4, 0.5) is 0 Å². The normalized spacial score (nSPS) is 16.0. The van der Waals surface area contributed by atoms with E-state index in [0.29, 0.717) is 0 Å². The molecule has 0 amide bonds. The molecule has 0 aromatic heterocycles. The Morgan fingerprint density at radius 2 is 1.34 bits per heavy atom. The highest BCUT2D eigenvalue weighted by Gasteiger charge is 2.33. The van der Waals surface area contributed by atoms with E-state index in [-0.39, 0.29) is 34.9 Å². The van der Waals surface area contributed by atoms with Gasteiger partial charge in [-0.15, -0.1) is 0 Å². The summed E-state index contributed by atoms with van der Waals surface area (Å²) < 4.78 is 12.1. The quantitative estimate of drug-likeness (QED) is 0.344. The van der Waals surface area contributed by atoms with Crippen molar-refractivity contribution in [2.45, 2.75) is 118 Å². The highest BCUT2D eigenvalue weighted by Crippen LogP contribution is 2.48. The van der Waals surface area contributed by atoms with Gasteiger partial charge in [0.15, 0.2) is 0 Å². The van der Waals surface area contributed by atoms with Gasteiger partial charge in [-0.25, -0.2) is 0 Å². The Labute approximate surface area is 199 Å². The Hall–Kier alpha value is -0.670. The van der Waals surface area contributed by atoms with Crippen molar-refractivity contribution in [3.8, 4) is 5.75 Å². The molecule has 1 aromatic carbocycles. The standard InChI is InChI=1S/C27H49O4P/c1-12-14-15-27(13-2,18-28)19-30-32(29)31-23-21(25(6,7)8)16-20(24(3,4)5)17-22(23)26(9,10)11/h16-17,28-29H,12-15,18-19H2,1-11H3. The Balaban J connectivity index is 3.36. The molecule has 0 saturated carbocycles. The summed E-state index contributed by atoms with van der Waals surface area (Å²) in [4.78, 5) is 10.8. The minimum absolute atomic E-state index is 0.000111. The fourth-order valence-electron chi connectivity index (χ4n) is 3.71. The van der Waals surface area contributed by atoms with Crippen molar-refractivity contribution in [2.24, 2.45) is 5.41 Å². The van der Waals surface area contributed by atoms with E-state index in [1.54, 1.807) is 0 Å². The number of hydrogen-bond acceptors (Lipinski definition) is 4. The Morgan fingerprint density at radius 3 is 1.69 bits per heavy atom. The Bertz CT molecular complexity index is 684. The van der Waals surface area contributed by atoms with Gasteiger partial charge in [-0.05, 0) is 34.7 Å². The van der Waals surface area contributed by atoms with Gasteiger partial charge in [0.05, 0.1) is 13.2 Å². The highest BCUT2D eigenvalue weighted by molar-refractivity contribution is 7.41. The summed E-state index contributed by atoms with van der Waals surface area (Å²) in [6, 6.07) is 4.44. The van der Waals surface area contributed by atoms with Crippen LogP contribution in [0.15, 0.2) is 12.1 Å². The number of unbranched alkanes of at least 4 members (excludes halogenated alkanes) is 1. The lowest BCUT2D eigenvalue weighted by molar-refractivity contribution is 0.0481. The van der Waals surface area contributed by atoms with Crippen LogP contribution in [0.2, 0.25) is 0 Å². The maximum Gasteiger partial charge on any atom is 0.394 e. The van der Waals surface area contributed by atoms with Crippen molar-refractivity contribution >= 4 is 8.60 Å². The van der Waals surface area contributed by atoms with Gasteiger partial charge in [-0.2, -0.15) is 0 Å². The van der Waals surface area contributed by atoms with E-state index in [1.165, 1.54) is 5.56 Å². The molecule has 1 aromatic rings. The number of aliphatic hydroxyl groups excluding tert-OH is 1. The highest BCUT2D eigenvalue weighted by atomic mass is 31.2. The third-order valence-electron chi connectivity index (χ3n) is 6.37. The van der Waals surface area contributed by atoms with Crippen LogP contribution in [-0.2, 0) is 20.8 Å². The molecular weight excluding hydrogens is 419 g/mol. The van der Waals surface area contributed by atoms with E-state index in [0.717, 1.165) is 42.6 Å². The van der Waals surface area contributed by atoms with Crippen molar-refractivity contribution in [1.82, 2.24) is 0 Å². The van der Waals surface area contributed by atoms with Gasteiger partial charge >= 0.3 is 8.60 Å². The third-order valence-corrected chi connectivity index (χ3v) is 7.06. The third kappa shape index (κ3) is 7.97. The van der Waals surface area contributed by atoms with E-state index in [9.17, 15) is 10.00 Å². The molecule has 1 rings (SSSR count). The summed E-state index contributed by atoms with van der Waals surface area (Å²) in [5, 5.41) is 10.0. The molecule has 0 saturated heterocycles. The summed E-state index contributed by atoms with van der Waals surface area (Å²) in [5.41, 5.74) is 2.76. The van der Waals surface area contributed by atoms with Crippen molar-refractivity contribution in [3.63, 3.8) is 0 Å². The first-order chi connectivity index (χ1) is 14.5. The van der Waals surface area contributed by atoms with Crippen LogP contribution in [0.25, 0.3) is 0 Å². The summed E-state index contributed by atoms with van der Waals surface area (Å²) in [7, 11) is -2.12. The Morgan fingerprint density at radius 1 is 0.844 bits per heavy atom. The van der Waals surface area contributed by atoms with Gasteiger partial charge in [-0.3, -0.25) is 0 Å². The SMILES string of the molecule is CCCCC(CC)(CO)COP(O)Oc1c(C(C)(C)C)cc(C(C)(C)C)cc1C(C)(C)C. The number of hydrogen-bond donors (Lipinski definition) is 2. The summed E-state index contributed by atoms with van der Waals surface area (Å²) in [6.45, 7) is 24.3. The smallest absolute Gasteiger partial charge is 0.394 e. The molecule has 2 atom stereocenters. The summed E-state index contributed by atoms with van der Waals surface area (Å²) >= 11 is 0. The molecule has 186 valence electrons. The zero-order valence-electron chi connectivity index (χ0n) is 22.6. The second kappa shape index (κ2) is 11.2. The fraction of sp³-hybridized carbons (Fsp3) is 0.778. The average molecular weight is 469 g/mol. The van der Waals surface area contributed by atoms with Crippen molar-refractivity contribution in [3.05, 3.63) is 28.8 Å². The van der Waals surface area contributed by atoms with Gasteiger partial charge in [0, 0.05) is 16.5 Å².